The van der Waals surface area contributed by atoms with Crippen LogP contribution in [0.5, 0.6) is 0 Å². The average molecular weight is 495 g/mol. The Kier molecular flexibility index (Phi) is 7.42. The molecule has 1 aromatic heterocycles. The van der Waals surface area contributed by atoms with Crippen molar-refractivity contribution in [2.45, 2.75) is 90.0 Å². The Morgan fingerprint density at radius 2 is 1.97 bits per heavy atom. The van der Waals surface area contributed by atoms with Gasteiger partial charge in [-0.15, -0.1) is 0 Å². The number of unbranched alkanes of at least 4 members (excludes halogenated alkanes) is 1. The van der Waals surface area contributed by atoms with Crippen LogP contribution in [-0.4, -0.2) is 38.6 Å². The van der Waals surface area contributed by atoms with Crippen LogP contribution in [0.25, 0.3) is 11.4 Å². The summed E-state index contributed by atoms with van der Waals surface area (Å²) >= 11 is 0. The first-order valence-electron chi connectivity index (χ1n) is 13.7. The molecule has 36 heavy (non-hydrogen) atoms. The van der Waals surface area contributed by atoms with E-state index in [2.05, 4.69) is 24.2 Å². The van der Waals surface area contributed by atoms with Gasteiger partial charge in [-0.25, -0.2) is 5.48 Å². The lowest BCUT2D eigenvalue weighted by molar-refractivity contribution is -0.142. The topological polar surface area (TPSA) is 109 Å². The Bertz CT molecular complexity index is 1060. The number of hydrogen-bond acceptors (Lipinski definition) is 6. The summed E-state index contributed by atoms with van der Waals surface area (Å²) < 4.78 is 5.74. The molecule has 8 nitrogen and oxygen atoms in total. The first kappa shape index (κ1) is 24.9. The lowest BCUT2D eigenvalue weighted by atomic mass is 9.89. The summed E-state index contributed by atoms with van der Waals surface area (Å²) in [5.41, 5.74) is 4.06. The van der Waals surface area contributed by atoms with E-state index in [4.69, 9.17) is 14.7 Å². The molecule has 3 aliphatic rings. The number of nitrogens with zero attached hydrogens (tertiary/aromatic N) is 3. The number of carbonyl (C=O) groups is 2. The lowest BCUT2D eigenvalue weighted by Gasteiger charge is -2.28. The molecule has 1 saturated heterocycles. The van der Waals surface area contributed by atoms with Gasteiger partial charge in [-0.3, -0.25) is 14.8 Å². The van der Waals surface area contributed by atoms with Crippen LogP contribution in [-0.2, 0) is 16.0 Å². The largest absolute Gasteiger partial charge is 0.337 e. The molecular formula is C28H38N4O4. The van der Waals surface area contributed by atoms with Crippen LogP contribution < -0.4 is 5.48 Å². The quantitative estimate of drug-likeness (QED) is 0.346. The Morgan fingerprint density at radius 1 is 1.22 bits per heavy atom. The highest BCUT2D eigenvalue weighted by Crippen LogP contribution is 2.58. The zero-order chi connectivity index (χ0) is 25.1. The fraction of sp³-hybridized carbons (Fsp3) is 0.643. The Morgan fingerprint density at radius 3 is 2.64 bits per heavy atom. The molecule has 2 aliphatic carbocycles. The number of aryl methyl sites for hydroxylation is 1. The molecule has 1 aliphatic heterocycles. The van der Waals surface area contributed by atoms with E-state index >= 15 is 0 Å². The van der Waals surface area contributed by atoms with E-state index < -0.39 is 11.8 Å². The van der Waals surface area contributed by atoms with E-state index in [9.17, 15) is 9.59 Å². The molecule has 2 atom stereocenters. The van der Waals surface area contributed by atoms with Crippen LogP contribution in [0.4, 0.5) is 0 Å². The highest BCUT2D eigenvalue weighted by molar-refractivity contribution is 5.86. The minimum Gasteiger partial charge on any atom is -0.337 e. The average Bonchev–Trinajstić information content (AvgIpc) is 3.28. The summed E-state index contributed by atoms with van der Waals surface area (Å²) in [5.74, 6) is 0.484. The van der Waals surface area contributed by atoms with E-state index in [1.54, 1.807) is 5.48 Å². The number of likely N-dealkylation sites (tertiary alicyclic amines) is 1. The molecule has 2 saturated carbocycles. The van der Waals surface area contributed by atoms with Gasteiger partial charge in [0.25, 0.3) is 0 Å². The molecule has 2 aromatic rings. The van der Waals surface area contributed by atoms with Crippen molar-refractivity contribution in [1.82, 2.24) is 20.5 Å². The fourth-order valence-electron chi connectivity index (χ4n) is 6.16. The van der Waals surface area contributed by atoms with Gasteiger partial charge in [-0.05, 0) is 55.4 Å². The van der Waals surface area contributed by atoms with E-state index in [-0.39, 0.29) is 23.8 Å². The molecule has 2 amide bonds. The molecule has 0 radical (unpaired) electrons. The van der Waals surface area contributed by atoms with Gasteiger partial charge in [0.05, 0.1) is 0 Å². The summed E-state index contributed by atoms with van der Waals surface area (Å²) in [5, 5.41) is 13.4. The van der Waals surface area contributed by atoms with E-state index in [0.29, 0.717) is 30.6 Å². The summed E-state index contributed by atoms with van der Waals surface area (Å²) in [6.07, 6.45) is 11.6. The summed E-state index contributed by atoms with van der Waals surface area (Å²) in [6, 6.07) is 8.03. The monoisotopic (exact) mass is 494 g/mol. The smallest absolute Gasteiger partial charge is 0.249 e. The molecule has 0 unspecified atom stereocenters. The van der Waals surface area contributed by atoms with Crippen LogP contribution in [0.3, 0.4) is 0 Å². The van der Waals surface area contributed by atoms with Crippen molar-refractivity contribution >= 4 is 11.8 Å². The highest BCUT2D eigenvalue weighted by atomic mass is 16.5. The molecule has 3 fully saturated rings. The highest BCUT2D eigenvalue weighted by Gasteiger charge is 2.55. The minimum absolute atomic E-state index is 0.00150. The number of hydrogen-bond donors (Lipinski definition) is 2. The summed E-state index contributed by atoms with van der Waals surface area (Å²) in [6.45, 7) is 2.86. The predicted octanol–water partition coefficient (Wildman–Crippen LogP) is 5.22. The van der Waals surface area contributed by atoms with Crippen molar-refractivity contribution in [2.75, 3.05) is 6.54 Å². The molecule has 1 spiro atoms. The predicted molar refractivity (Wildman–Crippen MR) is 134 cm³/mol. The number of aromatic nitrogens is 2. The Hall–Kier alpha value is -2.74. The van der Waals surface area contributed by atoms with Crippen molar-refractivity contribution in [3.8, 4) is 11.4 Å². The third kappa shape index (κ3) is 5.48. The molecular weight excluding hydrogens is 456 g/mol. The van der Waals surface area contributed by atoms with Crippen LogP contribution in [0.2, 0.25) is 0 Å². The van der Waals surface area contributed by atoms with Crippen LogP contribution in [0, 0.1) is 17.3 Å². The van der Waals surface area contributed by atoms with Gasteiger partial charge in [0.1, 0.15) is 6.04 Å². The second-order valence-electron chi connectivity index (χ2n) is 11.3. The number of rotatable bonds is 10. The fourth-order valence-corrected chi connectivity index (χ4v) is 6.16. The normalized spacial score (nSPS) is 21.7. The number of hydroxylamine groups is 1. The maximum absolute atomic E-state index is 13.9. The first-order valence-corrected chi connectivity index (χ1v) is 13.7. The second-order valence-corrected chi connectivity index (χ2v) is 11.3. The van der Waals surface area contributed by atoms with Gasteiger partial charge in [0, 0.05) is 24.4 Å². The standard InChI is InChI=1S/C28H38N4O4/c1-2-3-6-19-9-11-21(12-10-19)25-29-26(36-31-25)23-17-28(13-14-28)18-32(23)27(34)22(16-24(33)30-35)15-20-7-4-5-8-20/h9-12,20,22-23,35H,2-8,13-18H2,1H3,(H,30,33)/t22-,23+/m1/s1. The van der Waals surface area contributed by atoms with Gasteiger partial charge < -0.3 is 9.42 Å². The Labute approximate surface area is 212 Å². The van der Waals surface area contributed by atoms with E-state index in [1.165, 1.54) is 31.2 Å². The van der Waals surface area contributed by atoms with Crippen LogP contribution in [0.15, 0.2) is 28.8 Å². The number of carbonyl (C=O) groups excluding carboxylic acids is 2. The minimum atomic E-state index is -0.509. The van der Waals surface area contributed by atoms with E-state index in [0.717, 1.165) is 44.1 Å². The van der Waals surface area contributed by atoms with Crippen molar-refractivity contribution < 1.29 is 19.3 Å². The molecule has 0 bridgehead atoms. The maximum Gasteiger partial charge on any atom is 0.249 e. The second kappa shape index (κ2) is 10.7. The number of amides is 2. The lowest BCUT2D eigenvalue weighted by Crippen LogP contribution is -2.39. The third-order valence-electron chi connectivity index (χ3n) is 8.50. The molecule has 1 aromatic carbocycles. The third-order valence-corrected chi connectivity index (χ3v) is 8.50. The number of benzene rings is 1. The molecule has 194 valence electrons. The van der Waals surface area contributed by atoms with Gasteiger partial charge in [-0.2, -0.15) is 4.98 Å². The number of nitrogens with one attached hydrogen (secondary N) is 1. The van der Waals surface area contributed by atoms with Crippen molar-refractivity contribution in [1.29, 1.82) is 0 Å². The molecule has 2 N–H and O–H groups in total. The van der Waals surface area contributed by atoms with E-state index in [1.807, 2.05) is 17.0 Å². The zero-order valence-corrected chi connectivity index (χ0v) is 21.2. The summed E-state index contributed by atoms with van der Waals surface area (Å²) in [7, 11) is 0. The molecule has 5 rings (SSSR count). The SMILES string of the molecule is CCCCc1ccc(-c2noc([C@@H]3CC4(CC4)CN3C(=O)[C@@H](CC(=O)NO)CC3CCCC3)n2)cc1. The molecule has 8 heteroatoms. The molecule has 2 heterocycles. The van der Waals surface area contributed by atoms with Crippen molar-refractivity contribution in [3.05, 3.63) is 35.7 Å². The van der Waals surface area contributed by atoms with Crippen molar-refractivity contribution in [2.24, 2.45) is 17.3 Å². The van der Waals surface area contributed by atoms with Crippen LogP contribution >= 0.6 is 0 Å². The maximum atomic E-state index is 13.9. The zero-order valence-electron chi connectivity index (χ0n) is 21.2. The first-order chi connectivity index (χ1) is 17.5. The van der Waals surface area contributed by atoms with Gasteiger partial charge in [-0.1, -0.05) is 68.4 Å². The summed E-state index contributed by atoms with van der Waals surface area (Å²) in [4.78, 5) is 32.6. The van der Waals surface area contributed by atoms with Gasteiger partial charge in [0.2, 0.25) is 23.5 Å². The van der Waals surface area contributed by atoms with Gasteiger partial charge in [0.15, 0.2) is 0 Å². The Balaban J connectivity index is 1.34. The van der Waals surface area contributed by atoms with Crippen molar-refractivity contribution in [3.63, 3.8) is 0 Å². The van der Waals surface area contributed by atoms with Crippen LogP contribution in [0.1, 0.15) is 95.0 Å². The van der Waals surface area contributed by atoms with Gasteiger partial charge >= 0.3 is 0 Å².